The fourth-order valence-electron chi connectivity index (χ4n) is 4.32. The topological polar surface area (TPSA) is 59.0 Å². The number of aliphatic hydroxyl groups excluding tert-OH is 1. The molecule has 2 bridgehead atoms. The Morgan fingerprint density at radius 3 is 3.22 bits per heavy atom. The van der Waals surface area contributed by atoms with Crippen molar-refractivity contribution < 1.29 is 19.4 Å². The lowest BCUT2D eigenvalue weighted by atomic mass is 9.76. The quantitative estimate of drug-likeness (QED) is 0.656. The van der Waals surface area contributed by atoms with E-state index in [2.05, 4.69) is 4.90 Å². The van der Waals surface area contributed by atoms with Gasteiger partial charge in [-0.25, -0.2) is 4.79 Å². The molecule has 1 N–H and O–H groups in total. The van der Waals surface area contributed by atoms with Crippen LogP contribution >= 0.6 is 0 Å². The number of hydrogen-bond donors (Lipinski definition) is 1. The molecule has 3 heterocycles. The first-order chi connectivity index (χ1) is 8.64. The molecule has 0 radical (unpaired) electrons. The molecule has 0 amide bonds. The van der Waals surface area contributed by atoms with E-state index < -0.39 is 5.60 Å². The summed E-state index contributed by atoms with van der Waals surface area (Å²) in [5, 5.41) is 10.2. The summed E-state index contributed by atoms with van der Waals surface area (Å²) >= 11 is 0. The van der Waals surface area contributed by atoms with E-state index in [0.717, 1.165) is 25.0 Å². The predicted molar refractivity (Wildman–Crippen MR) is 61.8 cm³/mol. The van der Waals surface area contributed by atoms with Crippen LogP contribution in [0.25, 0.3) is 0 Å². The van der Waals surface area contributed by atoms with Crippen molar-refractivity contribution in [1.82, 2.24) is 4.90 Å². The maximum atomic E-state index is 11.6. The molecular formula is C13H17NO4. The molecule has 4 rings (SSSR count). The van der Waals surface area contributed by atoms with E-state index in [1.807, 2.05) is 0 Å². The van der Waals surface area contributed by atoms with Gasteiger partial charge in [-0.2, -0.15) is 0 Å². The summed E-state index contributed by atoms with van der Waals surface area (Å²) < 4.78 is 11.1. The summed E-state index contributed by atoms with van der Waals surface area (Å²) in [5.74, 6) is -0.249. The molecule has 0 aromatic carbocycles. The van der Waals surface area contributed by atoms with Crippen LogP contribution in [-0.4, -0.2) is 59.5 Å². The van der Waals surface area contributed by atoms with Gasteiger partial charge in [0.15, 0.2) is 5.60 Å². The standard InChI is InChI=1S/C13H17NO4/c1-17-8-4-11-13-5-9(14(11)6-8)10(15)2-7(13)3-12(16)18-13/h3,8-11,15H,2,4-6H2,1H3/t8-,9+,10-,11-,13+/m1/s1. The number of rotatable bonds is 1. The number of carbonyl (C=O) groups excluding carboxylic acids is 1. The van der Waals surface area contributed by atoms with E-state index in [4.69, 9.17) is 9.47 Å². The Morgan fingerprint density at radius 2 is 2.44 bits per heavy atom. The van der Waals surface area contributed by atoms with E-state index in [1.54, 1.807) is 13.2 Å². The Kier molecular flexibility index (Phi) is 2.04. The van der Waals surface area contributed by atoms with E-state index in [0.29, 0.717) is 6.42 Å². The molecule has 4 aliphatic rings. The van der Waals surface area contributed by atoms with E-state index in [9.17, 15) is 9.90 Å². The van der Waals surface area contributed by atoms with Gasteiger partial charge in [-0.05, 0) is 12.0 Å². The van der Waals surface area contributed by atoms with Crippen molar-refractivity contribution in [3.63, 3.8) is 0 Å². The van der Waals surface area contributed by atoms with Crippen molar-refractivity contribution in [2.45, 2.75) is 49.2 Å². The minimum absolute atomic E-state index is 0.109. The van der Waals surface area contributed by atoms with Crippen molar-refractivity contribution in [3.8, 4) is 0 Å². The Balaban J connectivity index is 1.77. The number of ether oxygens (including phenoxy) is 2. The highest BCUT2D eigenvalue weighted by Gasteiger charge is 2.65. The lowest BCUT2D eigenvalue weighted by Gasteiger charge is -2.35. The van der Waals surface area contributed by atoms with Crippen LogP contribution in [0.4, 0.5) is 0 Å². The van der Waals surface area contributed by atoms with Crippen LogP contribution < -0.4 is 0 Å². The fraction of sp³-hybridized carbons (Fsp3) is 0.769. The molecule has 1 aliphatic carbocycles. The van der Waals surface area contributed by atoms with E-state index in [-0.39, 0.29) is 30.3 Å². The molecule has 1 saturated carbocycles. The van der Waals surface area contributed by atoms with Gasteiger partial charge in [0, 0.05) is 38.6 Å². The third-order valence-electron chi connectivity index (χ3n) is 5.10. The lowest BCUT2D eigenvalue weighted by molar-refractivity contribution is -0.148. The first-order valence-corrected chi connectivity index (χ1v) is 6.54. The maximum Gasteiger partial charge on any atom is 0.331 e. The molecule has 2 saturated heterocycles. The van der Waals surface area contributed by atoms with Crippen LogP contribution in [-0.2, 0) is 14.3 Å². The predicted octanol–water partition coefficient (Wildman–Crippen LogP) is -0.165. The van der Waals surface area contributed by atoms with Gasteiger partial charge in [-0.1, -0.05) is 0 Å². The van der Waals surface area contributed by atoms with Crippen LogP contribution in [0.1, 0.15) is 19.3 Å². The summed E-state index contributed by atoms with van der Waals surface area (Å²) in [5.41, 5.74) is 0.523. The zero-order valence-corrected chi connectivity index (χ0v) is 10.3. The summed E-state index contributed by atoms with van der Waals surface area (Å²) in [6.45, 7) is 0.829. The Bertz CT molecular complexity index is 448. The van der Waals surface area contributed by atoms with Gasteiger partial charge in [-0.15, -0.1) is 0 Å². The smallest absolute Gasteiger partial charge is 0.331 e. The summed E-state index contributed by atoms with van der Waals surface area (Å²) in [7, 11) is 1.72. The Hall–Kier alpha value is -0.910. The van der Waals surface area contributed by atoms with Gasteiger partial charge < -0.3 is 14.6 Å². The number of aliphatic hydroxyl groups is 1. The average molecular weight is 251 g/mol. The SMILES string of the molecule is CO[C@@H]1C[C@H]2N(C1)[C@H]1C[C@@]23OC(=O)C=C3C[C@H]1O. The zero-order chi connectivity index (χ0) is 12.5. The highest BCUT2D eigenvalue weighted by atomic mass is 16.6. The normalized spacial score (nSPS) is 49.9. The average Bonchev–Trinajstić information content (AvgIpc) is 2.93. The molecule has 5 atom stereocenters. The molecule has 18 heavy (non-hydrogen) atoms. The monoisotopic (exact) mass is 251 g/mol. The lowest BCUT2D eigenvalue weighted by Crippen LogP contribution is -2.44. The van der Waals surface area contributed by atoms with Gasteiger partial charge in [-0.3, -0.25) is 4.90 Å². The summed E-state index contributed by atoms with van der Waals surface area (Å²) in [6, 6.07) is 0.292. The molecule has 0 aromatic rings. The van der Waals surface area contributed by atoms with Crippen LogP contribution in [0.5, 0.6) is 0 Å². The maximum absolute atomic E-state index is 11.6. The van der Waals surface area contributed by atoms with Gasteiger partial charge in [0.25, 0.3) is 0 Å². The zero-order valence-electron chi connectivity index (χ0n) is 10.3. The minimum atomic E-state index is -0.464. The second-order valence-corrected chi connectivity index (χ2v) is 5.83. The van der Waals surface area contributed by atoms with E-state index >= 15 is 0 Å². The van der Waals surface area contributed by atoms with Crippen molar-refractivity contribution in [2.24, 2.45) is 0 Å². The first-order valence-electron chi connectivity index (χ1n) is 6.54. The molecule has 0 aromatic heterocycles. The minimum Gasteiger partial charge on any atom is -0.450 e. The molecule has 98 valence electrons. The fourth-order valence-corrected chi connectivity index (χ4v) is 4.32. The van der Waals surface area contributed by atoms with Crippen LogP contribution in [0.2, 0.25) is 0 Å². The summed E-state index contributed by atoms with van der Waals surface area (Å²) in [4.78, 5) is 13.9. The number of methoxy groups -OCH3 is 1. The molecule has 5 nitrogen and oxygen atoms in total. The molecule has 3 aliphatic heterocycles. The number of nitrogens with zero attached hydrogens (tertiary/aromatic N) is 1. The second kappa shape index (κ2) is 3.35. The van der Waals surface area contributed by atoms with Crippen LogP contribution in [0.15, 0.2) is 11.6 Å². The van der Waals surface area contributed by atoms with Crippen molar-refractivity contribution in [3.05, 3.63) is 11.6 Å². The van der Waals surface area contributed by atoms with Crippen molar-refractivity contribution >= 4 is 5.97 Å². The Labute approximate surface area is 105 Å². The number of esters is 1. The van der Waals surface area contributed by atoms with Gasteiger partial charge in [0.2, 0.25) is 0 Å². The van der Waals surface area contributed by atoms with Gasteiger partial charge in [0.05, 0.1) is 18.2 Å². The highest BCUT2D eigenvalue weighted by molar-refractivity contribution is 5.87. The van der Waals surface area contributed by atoms with Gasteiger partial charge in [0.1, 0.15) is 0 Å². The van der Waals surface area contributed by atoms with Gasteiger partial charge >= 0.3 is 5.97 Å². The first kappa shape index (κ1) is 11.0. The third kappa shape index (κ3) is 1.15. The van der Waals surface area contributed by atoms with Crippen LogP contribution in [0.3, 0.4) is 0 Å². The highest BCUT2D eigenvalue weighted by Crippen LogP contribution is 2.54. The van der Waals surface area contributed by atoms with Crippen LogP contribution in [0, 0.1) is 0 Å². The molecule has 3 fully saturated rings. The second-order valence-electron chi connectivity index (χ2n) is 5.83. The summed E-state index contributed by atoms with van der Waals surface area (Å²) in [6.07, 6.45) is 3.57. The third-order valence-corrected chi connectivity index (χ3v) is 5.10. The molecule has 0 unspecified atom stereocenters. The molecule has 5 heteroatoms. The Morgan fingerprint density at radius 1 is 1.61 bits per heavy atom. The van der Waals surface area contributed by atoms with Crippen molar-refractivity contribution in [2.75, 3.05) is 13.7 Å². The largest absolute Gasteiger partial charge is 0.450 e. The number of hydrogen-bond acceptors (Lipinski definition) is 5. The van der Waals surface area contributed by atoms with E-state index in [1.165, 1.54) is 0 Å². The number of carbonyl (C=O) groups is 1. The molecular weight excluding hydrogens is 234 g/mol. The van der Waals surface area contributed by atoms with Crippen molar-refractivity contribution in [1.29, 1.82) is 0 Å². The molecule has 1 spiro atoms. The number of fused-ring (bicyclic) bond motifs is 3.